The first-order valence-electron chi connectivity index (χ1n) is 8.09. The Morgan fingerprint density at radius 1 is 1.26 bits per heavy atom. The molecule has 2 rings (SSSR count). The molecule has 0 radical (unpaired) electrons. The molecule has 0 amide bonds. The standard InChI is InChI=1S/C16H27N3O3S/c1-16(2,3)14(20)12-18-15-8-7-13(11-17-15)23(21,22)19-9-5-4-6-10-19/h7-8,11,14,20H,4-6,9-10,12H2,1-3H3,(H,17,18). The van der Waals surface area contributed by atoms with Crippen LogP contribution in [-0.4, -0.2) is 48.6 Å². The second kappa shape index (κ2) is 7.15. The normalized spacial score (nSPS) is 18.6. The molecule has 1 fully saturated rings. The number of sulfonamides is 1. The van der Waals surface area contributed by atoms with Gasteiger partial charge in [0.2, 0.25) is 10.0 Å². The molecule has 7 heteroatoms. The highest BCUT2D eigenvalue weighted by Gasteiger charge is 2.26. The summed E-state index contributed by atoms with van der Waals surface area (Å²) in [4.78, 5) is 4.39. The zero-order valence-corrected chi connectivity index (χ0v) is 14.9. The molecule has 1 aromatic rings. The third kappa shape index (κ3) is 4.65. The maximum absolute atomic E-state index is 12.5. The van der Waals surface area contributed by atoms with Gasteiger partial charge >= 0.3 is 0 Å². The molecule has 130 valence electrons. The van der Waals surface area contributed by atoms with E-state index in [1.807, 2.05) is 20.8 Å². The maximum Gasteiger partial charge on any atom is 0.244 e. The minimum absolute atomic E-state index is 0.218. The second-order valence-electron chi connectivity index (χ2n) is 7.11. The molecule has 2 N–H and O–H groups in total. The highest BCUT2D eigenvalue weighted by molar-refractivity contribution is 7.89. The zero-order valence-electron chi connectivity index (χ0n) is 14.1. The van der Waals surface area contributed by atoms with Crippen molar-refractivity contribution in [2.75, 3.05) is 25.0 Å². The topological polar surface area (TPSA) is 82.5 Å². The highest BCUT2D eigenvalue weighted by atomic mass is 32.2. The van der Waals surface area contributed by atoms with Crippen LogP contribution in [-0.2, 0) is 10.0 Å². The smallest absolute Gasteiger partial charge is 0.244 e. The monoisotopic (exact) mass is 341 g/mol. The third-order valence-electron chi connectivity index (χ3n) is 4.17. The van der Waals surface area contributed by atoms with Crippen LogP contribution in [0.3, 0.4) is 0 Å². The number of nitrogens with zero attached hydrogens (tertiary/aromatic N) is 2. The summed E-state index contributed by atoms with van der Waals surface area (Å²) in [5.74, 6) is 0.561. The van der Waals surface area contributed by atoms with Gasteiger partial charge in [-0.1, -0.05) is 27.2 Å². The van der Waals surface area contributed by atoms with Crippen LogP contribution < -0.4 is 5.32 Å². The Balaban J connectivity index is 2.01. The van der Waals surface area contributed by atoms with E-state index in [1.165, 1.54) is 10.5 Å². The molecule has 0 aliphatic carbocycles. The van der Waals surface area contributed by atoms with Gasteiger partial charge in [0, 0.05) is 25.8 Å². The summed E-state index contributed by atoms with van der Waals surface area (Å²) in [5, 5.41) is 13.0. The fraction of sp³-hybridized carbons (Fsp3) is 0.688. The minimum atomic E-state index is -3.44. The average molecular weight is 341 g/mol. The van der Waals surface area contributed by atoms with Gasteiger partial charge in [-0.25, -0.2) is 13.4 Å². The molecular formula is C16H27N3O3S. The van der Waals surface area contributed by atoms with Gasteiger partial charge in [-0.3, -0.25) is 0 Å². The Bertz CT molecular complexity index is 602. The van der Waals surface area contributed by atoms with Gasteiger partial charge in [-0.05, 0) is 30.4 Å². The van der Waals surface area contributed by atoms with E-state index in [2.05, 4.69) is 10.3 Å². The van der Waals surface area contributed by atoms with E-state index >= 15 is 0 Å². The van der Waals surface area contributed by atoms with Gasteiger partial charge in [-0.2, -0.15) is 4.31 Å². The number of aliphatic hydroxyl groups is 1. The maximum atomic E-state index is 12.5. The van der Waals surface area contributed by atoms with Crippen molar-refractivity contribution in [1.82, 2.24) is 9.29 Å². The molecule has 1 aliphatic heterocycles. The van der Waals surface area contributed by atoms with Crippen LogP contribution in [0.1, 0.15) is 40.0 Å². The Hall–Kier alpha value is -1.18. The largest absolute Gasteiger partial charge is 0.391 e. The van der Waals surface area contributed by atoms with Crippen LogP contribution in [0.4, 0.5) is 5.82 Å². The number of aliphatic hydroxyl groups excluding tert-OH is 1. The molecule has 1 aliphatic rings. The Morgan fingerprint density at radius 3 is 2.43 bits per heavy atom. The highest BCUT2D eigenvalue weighted by Crippen LogP contribution is 2.22. The van der Waals surface area contributed by atoms with Crippen LogP contribution >= 0.6 is 0 Å². The Kier molecular flexibility index (Phi) is 5.65. The van der Waals surface area contributed by atoms with Crippen LogP contribution in [0, 0.1) is 5.41 Å². The van der Waals surface area contributed by atoms with Crippen LogP contribution in [0.25, 0.3) is 0 Å². The summed E-state index contributed by atoms with van der Waals surface area (Å²) in [7, 11) is -3.44. The molecule has 23 heavy (non-hydrogen) atoms. The summed E-state index contributed by atoms with van der Waals surface area (Å²) < 4.78 is 26.6. The molecule has 0 aromatic carbocycles. The van der Waals surface area contributed by atoms with Crippen LogP contribution in [0.2, 0.25) is 0 Å². The lowest BCUT2D eigenvalue weighted by molar-refractivity contribution is 0.0745. The first kappa shape index (κ1) is 18.2. The summed E-state index contributed by atoms with van der Waals surface area (Å²) in [6.45, 7) is 7.41. The third-order valence-corrected chi connectivity index (χ3v) is 6.05. The Labute approximate surface area is 139 Å². The predicted molar refractivity (Wildman–Crippen MR) is 90.8 cm³/mol. The van der Waals surface area contributed by atoms with Crippen molar-refractivity contribution in [3.8, 4) is 0 Å². The summed E-state index contributed by atoms with van der Waals surface area (Å²) in [6, 6.07) is 3.22. The van der Waals surface area contributed by atoms with Crippen molar-refractivity contribution in [2.45, 2.75) is 51.0 Å². The molecule has 1 atom stereocenters. The van der Waals surface area contributed by atoms with E-state index in [0.29, 0.717) is 25.5 Å². The predicted octanol–water partition coefficient (Wildman–Crippen LogP) is 2.08. The van der Waals surface area contributed by atoms with Crippen molar-refractivity contribution < 1.29 is 13.5 Å². The van der Waals surface area contributed by atoms with E-state index in [4.69, 9.17) is 0 Å². The lowest BCUT2D eigenvalue weighted by atomic mass is 9.89. The molecular weight excluding hydrogens is 314 g/mol. The zero-order chi connectivity index (χ0) is 17.1. The van der Waals surface area contributed by atoms with Crippen molar-refractivity contribution in [2.24, 2.45) is 5.41 Å². The van der Waals surface area contributed by atoms with Gasteiger partial charge in [0.1, 0.15) is 10.7 Å². The molecule has 0 spiro atoms. The molecule has 0 bridgehead atoms. The van der Waals surface area contributed by atoms with Crippen LogP contribution in [0.15, 0.2) is 23.2 Å². The van der Waals surface area contributed by atoms with E-state index in [1.54, 1.807) is 12.1 Å². The van der Waals surface area contributed by atoms with E-state index in [0.717, 1.165) is 19.3 Å². The molecule has 1 saturated heterocycles. The SMILES string of the molecule is CC(C)(C)C(O)CNc1ccc(S(=O)(=O)N2CCCCC2)cn1. The van der Waals surface area contributed by atoms with E-state index < -0.39 is 16.1 Å². The van der Waals surface area contributed by atoms with Gasteiger partial charge in [0.05, 0.1) is 6.10 Å². The fourth-order valence-electron chi connectivity index (χ4n) is 2.40. The van der Waals surface area contributed by atoms with E-state index in [-0.39, 0.29) is 10.3 Å². The summed E-state index contributed by atoms with van der Waals surface area (Å²) in [5.41, 5.74) is -0.218. The quantitative estimate of drug-likeness (QED) is 0.857. The Morgan fingerprint density at radius 2 is 1.91 bits per heavy atom. The first-order valence-corrected chi connectivity index (χ1v) is 9.53. The van der Waals surface area contributed by atoms with Gasteiger partial charge in [-0.15, -0.1) is 0 Å². The summed E-state index contributed by atoms with van der Waals surface area (Å²) >= 11 is 0. The van der Waals surface area contributed by atoms with E-state index in [9.17, 15) is 13.5 Å². The molecule has 6 nitrogen and oxygen atoms in total. The van der Waals surface area contributed by atoms with Gasteiger partial charge in [0.25, 0.3) is 0 Å². The number of anilines is 1. The molecule has 2 heterocycles. The fourth-order valence-corrected chi connectivity index (χ4v) is 3.86. The summed E-state index contributed by atoms with van der Waals surface area (Å²) in [6.07, 6.45) is 3.79. The molecule has 0 saturated carbocycles. The van der Waals surface area contributed by atoms with Gasteiger partial charge < -0.3 is 10.4 Å². The van der Waals surface area contributed by atoms with Crippen molar-refractivity contribution in [3.05, 3.63) is 18.3 Å². The molecule has 1 unspecified atom stereocenters. The van der Waals surface area contributed by atoms with Crippen molar-refractivity contribution >= 4 is 15.8 Å². The number of hydrogen-bond donors (Lipinski definition) is 2. The lowest BCUT2D eigenvalue weighted by Crippen LogP contribution is -2.35. The number of nitrogens with one attached hydrogen (secondary N) is 1. The number of rotatable bonds is 5. The second-order valence-corrected chi connectivity index (χ2v) is 9.04. The number of pyridine rings is 1. The lowest BCUT2D eigenvalue weighted by Gasteiger charge is -2.26. The number of piperidine rings is 1. The average Bonchev–Trinajstić information content (AvgIpc) is 2.53. The van der Waals surface area contributed by atoms with Crippen molar-refractivity contribution in [1.29, 1.82) is 0 Å². The minimum Gasteiger partial charge on any atom is -0.391 e. The number of aromatic nitrogens is 1. The van der Waals surface area contributed by atoms with Crippen molar-refractivity contribution in [3.63, 3.8) is 0 Å². The molecule has 1 aromatic heterocycles. The number of hydrogen-bond acceptors (Lipinski definition) is 5. The van der Waals surface area contributed by atoms with Gasteiger partial charge in [0.15, 0.2) is 0 Å². The van der Waals surface area contributed by atoms with Crippen LogP contribution in [0.5, 0.6) is 0 Å². The first-order chi connectivity index (χ1) is 10.7.